The fraction of sp³-hybridized carbons (Fsp3) is 0.773. The Hall–Kier alpha value is -1.05. The number of rotatable bonds is 14. The number of aliphatic imine (C=N–C) groups is 1. The van der Waals surface area contributed by atoms with E-state index in [9.17, 15) is 0 Å². The van der Waals surface area contributed by atoms with E-state index in [1.165, 1.54) is 64.2 Å². The first-order chi connectivity index (χ1) is 11.6. The number of nitrogens with zero attached hydrogens (tertiary/aromatic N) is 1. The molecule has 0 saturated heterocycles. The van der Waals surface area contributed by atoms with Crippen molar-refractivity contribution in [2.45, 2.75) is 103 Å². The van der Waals surface area contributed by atoms with E-state index in [1.54, 1.807) is 0 Å². The largest absolute Gasteiger partial charge is 0.478 e. The third-order valence-corrected chi connectivity index (χ3v) is 4.36. The number of hydrogen-bond donors (Lipinski definition) is 0. The molecule has 0 bridgehead atoms. The van der Waals surface area contributed by atoms with Crippen molar-refractivity contribution in [1.29, 1.82) is 0 Å². The maximum atomic E-state index is 5.62. The van der Waals surface area contributed by atoms with Crippen molar-refractivity contribution in [1.82, 2.24) is 0 Å². The first-order valence-electron chi connectivity index (χ1n) is 10.2. The summed E-state index contributed by atoms with van der Waals surface area (Å²) < 4.78 is 5.62. The standard InChI is InChI=1S/C22H39NO/c1-4-5-6-7-8-9-10-11-12-13-14-15-16-17-18-19-21-23-22(2,3)20-24-21/h8-9,11-12H,4-7,10,13-20H2,1-3H3/b9-8-,12-11-. The molecule has 2 nitrogen and oxygen atoms in total. The summed E-state index contributed by atoms with van der Waals surface area (Å²) in [6, 6.07) is 0. The smallest absolute Gasteiger partial charge is 0.183 e. The number of allylic oxidation sites excluding steroid dienone is 4. The van der Waals surface area contributed by atoms with Crippen LogP contribution in [0.15, 0.2) is 29.3 Å². The van der Waals surface area contributed by atoms with Gasteiger partial charge in [0, 0.05) is 6.42 Å². The predicted molar refractivity (Wildman–Crippen MR) is 107 cm³/mol. The van der Waals surface area contributed by atoms with Gasteiger partial charge >= 0.3 is 0 Å². The van der Waals surface area contributed by atoms with E-state index < -0.39 is 0 Å². The van der Waals surface area contributed by atoms with Crippen molar-refractivity contribution < 1.29 is 4.74 Å². The molecule has 0 aromatic carbocycles. The van der Waals surface area contributed by atoms with Crippen LogP contribution in [0.4, 0.5) is 0 Å². The van der Waals surface area contributed by atoms with Crippen LogP contribution in [0.25, 0.3) is 0 Å². The van der Waals surface area contributed by atoms with Crippen LogP contribution in [0.3, 0.4) is 0 Å². The lowest BCUT2D eigenvalue weighted by molar-refractivity contribution is 0.273. The monoisotopic (exact) mass is 333 g/mol. The summed E-state index contributed by atoms with van der Waals surface area (Å²) in [6.07, 6.45) is 24.4. The van der Waals surface area contributed by atoms with Crippen molar-refractivity contribution >= 4 is 5.90 Å². The minimum atomic E-state index is 0.00631. The van der Waals surface area contributed by atoms with E-state index in [-0.39, 0.29) is 5.54 Å². The van der Waals surface area contributed by atoms with E-state index in [0.29, 0.717) is 0 Å². The lowest BCUT2D eigenvalue weighted by atomic mass is 10.1. The molecule has 0 unspecified atom stereocenters. The van der Waals surface area contributed by atoms with Crippen LogP contribution >= 0.6 is 0 Å². The second-order valence-electron chi connectivity index (χ2n) is 7.59. The number of ether oxygens (including phenoxy) is 1. The molecule has 0 saturated carbocycles. The molecule has 0 aliphatic carbocycles. The van der Waals surface area contributed by atoms with Crippen molar-refractivity contribution in [3.05, 3.63) is 24.3 Å². The predicted octanol–water partition coefficient (Wildman–Crippen LogP) is 7.01. The Morgan fingerprint density at radius 1 is 0.875 bits per heavy atom. The summed E-state index contributed by atoms with van der Waals surface area (Å²) >= 11 is 0. The number of hydrogen-bond acceptors (Lipinski definition) is 2. The van der Waals surface area contributed by atoms with Crippen LogP contribution in [0.5, 0.6) is 0 Å². The first kappa shape index (κ1) is 21.0. The molecule has 0 aromatic heterocycles. The molecule has 1 aliphatic rings. The molecule has 1 aliphatic heterocycles. The molecule has 0 radical (unpaired) electrons. The molecule has 0 spiro atoms. The topological polar surface area (TPSA) is 21.6 Å². The molecule has 1 heterocycles. The highest BCUT2D eigenvalue weighted by Gasteiger charge is 2.25. The van der Waals surface area contributed by atoms with Crippen molar-refractivity contribution in [3.63, 3.8) is 0 Å². The fourth-order valence-electron chi connectivity index (χ4n) is 2.88. The van der Waals surface area contributed by atoms with Gasteiger partial charge in [-0.1, -0.05) is 63.3 Å². The van der Waals surface area contributed by atoms with Gasteiger partial charge < -0.3 is 4.74 Å². The normalized spacial score (nSPS) is 16.9. The molecular weight excluding hydrogens is 294 g/mol. The molecule has 0 fully saturated rings. The van der Waals surface area contributed by atoms with Gasteiger partial charge in [0.2, 0.25) is 0 Å². The minimum absolute atomic E-state index is 0.00631. The summed E-state index contributed by atoms with van der Waals surface area (Å²) in [4.78, 5) is 4.60. The van der Waals surface area contributed by atoms with Gasteiger partial charge in [-0.05, 0) is 52.4 Å². The van der Waals surface area contributed by atoms with Crippen LogP contribution in [0.2, 0.25) is 0 Å². The van der Waals surface area contributed by atoms with Gasteiger partial charge in [0.15, 0.2) is 5.90 Å². The summed E-state index contributed by atoms with van der Waals surface area (Å²) in [5.41, 5.74) is 0.00631. The van der Waals surface area contributed by atoms with E-state index >= 15 is 0 Å². The first-order valence-corrected chi connectivity index (χ1v) is 10.2. The van der Waals surface area contributed by atoms with Gasteiger partial charge in [-0.25, -0.2) is 4.99 Å². The number of unbranched alkanes of at least 4 members (excludes halogenated alkanes) is 8. The molecule has 0 amide bonds. The lowest BCUT2D eigenvalue weighted by Gasteiger charge is -2.07. The average molecular weight is 334 g/mol. The Morgan fingerprint density at radius 3 is 2.12 bits per heavy atom. The molecule has 138 valence electrons. The van der Waals surface area contributed by atoms with Gasteiger partial charge in [0.25, 0.3) is 0 Å². The zero-order valence-corrected chi connectivity index (χ0v) is 16.4. The summed E-state index contributed by atoms with van der Waals surface area (Å²) in [6.45, 7) is 7.28. The van der Waals surface area contributed by atoms with Gasteiger partial charge in [0.05, 0.1) is 5.54 Å². The van der Waals surface area contributed by atoms with Crippen LogP contribution in [0, 0.1) is 0 Å². The summed E-state index contributed by atoms with van der Waals surface area (Å²) in [5.74, 6) is 0.977. The molecular formula is C22H39NO. The fourth-order valence-corrected chi connectivity index (χ4v) is 2.88. The van der Waals surface area contributed by atoms with E-state index in [1.807, 2.05) is 0 Å². The average Bonchev–Trinajstić information content (AvgIpc) is 2.90. The third-order valence-electron chi connectivity index (χ3n) is 4.36. The Labute approximate surface area is 150 Å². The van der Waals surface area contributed by atoms with Gasteiger partial charge in [0.1, 0.15) is 6.61 Å². The molecule has 0 aromatic rings. The second kappa shape index (κ2) is 13.3. The highest BCUT2D eigenvalue weighted by atomic mass is 16.5. The molecule has 24 heavy (non-hydrogen) atoms. The zero-order valence-electron chi connectivity index (χ0n) is 16.4. The van der Waals surface area contributed by atoms with E-state index in [4.69, 9.17) is 4.74 Å². The maximum Gasteiger partial charge on any atom is 0.183 e. The Morgan fingerprint density at radius 2 is 1.50 bits per heavy atom. The van der Waals surface area contributed by atoms with Crippen molar-refractivity contribution in [2.24, 2.45) is 4.99 Å². The Balaban J connectivity index is 1.84. The summed E-state index contributed by atoms with van der Waals surface area (Å²) in [7, 11) is 0. The summed E-state index contributed by atoms with van der Waals surface area (Å²) in [5, 5.41) is 0. The van der Waals surface area contributed by atoms with Crippen LogP contribution in [0.1, 0.15) is 97.8 Å². The van der Waals surface area contributed by atoms with Crippen molar-refractivity contribution in [2.75, 3.05) is 6.61 Å². The van der Waals surface area contributed by atoms with Crippen molar-refractivity contribution in [3.8, 4) is 0 Å². The van der Waals surface area contributed by atoms with Crippen LogP contribution in [-0.4, -0.2) is 18.0 Å². The zero-order chi connectivity index (χ0) is 17.5. The SMILES string of the molecule is CCCCC/C=C\C/C=C\CCCCCCCC1=NC(C)(C)CO1. The quantitative estimate of drug-likeness (QED) is 0.247. The molecule has 2 heteroatoms. The third kappa shape index (κ3) is 11.5. The van der Waals surface area contributed by atoms with Crippen LogP contribution in [-0.2, 0) is 4.74 Å². The lowest BCUT2D eigenvalue weighted by Crippen LogP contribution is -2.17. The van der Waals surface area contributed by atoms with E-state index in [0.717, 1.165) is 25.3 Å². The molecule has 0 atom stereocenters. The van der Waals surface area contributed by atoms with Gasteiger partial charge in [-0.3, -0.25) is 0 Å². The maximum absolute atomic E-state index is 5.62. The highest BCUT2D eigenvalue weighted by Crippen LogP contribution is 2.19. The van der Waals surface area contributed by atoms with Gasteiger partial charge in [-0.2, -0.15) is 0 Å². The van der Waals surface area contributed by atoms with E-state index in [2.05, 4.69) is 50.1 Å². The minimum Gasteiger partial charge on any atom is -0.478 e. The second-order valence-corrected chi connectivity index (χ2v) is 7.59. The Kier molecular flexibility index (Phi) is 11.6. The van der Waals surface area contributed by atoms with Crippen LogP contribution < -0.4 is 0 Å². The molecule has 0 N–H and O–H groups in total. The highest BCUT2D eigenvalue weighted by molar-refractivity contribution is 5.78. The van der Waals surface area contributed by atoms with Gasteiger partial charge in [-0.15, -0.1) is 0 Å². The molecule has 1 rings (SSSR count). The Bertz CT molecular complexity index is 393.